The highest BCUT2D eigenvalue weighted by Gasteiger charge is 2.34. The first-order valence-electron chi connectivity index (χ1n) is 13.7. The van der Waals surface area contributed by atoms with Crippen molar-refractivity contribution in [2.75, 3.05) is 16.8 Å². The fraction of sp³-hybridized carbons (Fsp3) is 0.233. The van der Waals surface area contributed by atoms with Crippen molar-refractivity contribution in [3.63, 3.8) is 0 Å². The molecule has 5 N–H and O–H groups in total. The zero-order valence-corrected chi connectivity index (χ0v) is 23.9. The monoisotopic (exact) mass is 600 g/mol. The van der Waals surface area contributed by atoms with E-state index in [1.54, 1.807) is 17.2 Å². The number of carbonyl (C=O) groups excluding carboxylic acids is 3. The zero-order valence-electron chi connectivity index (χ0n) is 23.0. The molecule has 0 spiro atoms. The molecule has 0 bridgehead atoms. The van der Waals surface area contributed by atoms with Crippen LogP contribution in [0.5, 0.6) is 11.5 Å². The Hall–Kier alpha value is -5.17. The fourth-order valence-electron chi connectivity index (χ4n) is 5.48. The van der Waals surface area contributed by atoms with Crippen LogP contribution in [0.1, 0.15) is 34.5 Å². The smallest absolute Gasteiger partial charge is 0.405 e. The van der Waals surface area contributed by atoms with E-state index < -0.39 is 18.0 Å². The number of carboxylic acid groups (broad SMARTS) is 1. The topological polar surface area (TPSA) is 162 Å². The Morgan fingerprint density at radius 3 is 2.56 bits per heavy atom. The molecule has 43 heavy (non-hydrogen) atoms. The average molecular weight is 601 g/mol. The first-order chi connectivity index (χ1) is 20.8. The van der Waals surface area contributed by atoms with Crippen LogP contribution in [0, 0.1) is 6.92 Å². The lowest BCUT2D eigenvalue weighted by Gasteiger charge is -2.29. The molecule has 1 aliphatic carbocycles. The SMILES string of the molecule is Cc1cc(Oc2ccccc2)ccc1N1C(=O)Nc2c(C(=O)N[C@H]3CC[C@@H](NC(=O)CNC(=O)O)C3)sc3nccc1c23. The molecule has 13 heteroatoms. The van der Waals surface area contributed by atoms with E-state index >= 15 is 0 Å². The summed E-state index contributed by atoms with van der Waals surface area (Å²) in [6, 6.07) is 15.9. The second-order valence-electron chi connectivity index (χ2n) is 10.4. The van der Waals surface area contributed by atoms with E-state index in [1.165, 1.54) is 11.3 Å². The normalized spacial score (nSPS) is 17.3. The molecule has 3 heterocycles. The van der Waals surface area contributed by atoms with Crippen LogP contribution < -0.4 is 30.9 Å². The van der Waals surface area contributed by atoms with Gasteiger partial charge in [-0.2, -0.15) is 0 Å². The molecular formula is C30H28N6O6S. The molecule has 12 nitrogen and oxygen atoms in total. The molecule has 5 amide bonds. The number of hydrogen-bond donors (Lipinski definition) is 5. The summed E-state index contributed by atoms with van der Waals surface area (Å²) in [7, 11) is 0. The summed E-state index contributed by atoms with van der Waals surface area (Å²) < 4.78 is 5.95. The van der Waals surface area contributed by atoms with Gasteiger partial charge in [0.25, 0.3) is 5.91 Å². The molecular weight excluding hydrogens is 572 g/mol. The van der Waals surface area contributed by atoms with E-state index in [1.807, 2.05) is 60.8 Å². The highest BCUT2D eigenvalue weighted by Crippen LogP contribution is 2.46. The fourth-order valence-corrected chi connectivity index (χ4v) is 6.50. The maximum atomic E-state index is 13.5. The van der Waals surface area contributed by atoms with Gasteiger partial charge in [0, 0.05) is 18.3 Å². The average Bonchev–Trinajstić information content (AvgIpc) is 3.58. The van der Waals surface area contributed by atoms with Crippen LogP contribution in [0.3, 0.4) is 0 Å². The van der Waals surface area contributed by atoms with Crippen molar-refractivity contribution in [3.8, 4) is 11.5 Å². The number of anilines is 3. The van der Waals surface area contributed by atoms with Crippen LogP contribution in [-0.4, -0.2) is 52.7 Å². The number of benzene rings is 2. The summed E-state index contributed by atoms with van der Waals surface area (Å²) in [6.45, 7) is 1.58. The minimum absolute atomic E-state index is 0.177. The number of aryl methyl sites for hydroxylation is 1. The molecule has 1 saturated carbocycles. The number of para-hydroxylation sites is 1. The van der Waals surface area contributed by atoms with Gasteiger partial charge in [-0.15, -0.1) is 11.3 Å². The molecule has 0 saturated heterocycles. The van der Waals surface area contributed by atoms with Gasteiger partial charge in [0.2, 0.25) is 5.91 Å². The van der Waals surface area contributed by atoms with E-state index in [9.17, 15) is 19.2 Å². The zero-order chi connectivity index (χ0) is 30.1. The number of carbonyl (C=O) groups is 4. The molecule has 1 aliphatic heterocycles. The van der Waals surface area contributed by atoms with E-state index in [4.69, 9.17) is 9.84 Å². The lowest BCUT2D eigenvalue weighted by atomic mass is 10.1. The predicted octanol–water partition coefficient (Wildman–Crippen LogP) is 5.12. The van der Waals surface area contributed by atoms with Crippen molar-refractivity contribution >= 4 is 62.6 Å². The summed E-state index contributed by atoms with van der Waals surface area (Å²) >= 11 is 1.20. The minimum atomic E-state index is -1.27. The van der Waals surface area contributed by atoms with Gasteiger partial charge in [-0.3, -0.25) is 14.5 Å². The lowest BCUT2D eigenvalue weighted by Crippen LogP contribution is -2.42. The van der Waals surface area contributed by atoms with Gasteiger partial charge >= 0.3 is 12.1 Å². The number of aromatic nitrogens is 1. The lowest BCUT2D eigenvalue weighted by molar-refractivity contribution is -0.120. The summed E-state index contributed by atoms with van der Waals surface area (Å²) in [5.74, 6) is 0.597. The standard InChI is InChI=1S/C30H28N6O6S/c1-16-13-20(42-19-5-3-2-4-6-19)9-10-21(16)36-22-11-12-31-28-24(22)25(35-29(36)39)26(43-28)27(38)34-18-8-7-17(14-18)33-23(37)15-32-30(40)41/h2-6,9-13,17-18,32H,7-8,14-15H2,1H3,(H,33,37)(H,34,38)(H,35,39)(H,40,41)/t17-,18+/m1/s1. The van der Waals surface area contributed by atoms with Gasteiger partial charge in [-0.25, -0.2) is 14.6 Å². The van der Waals surface area contributed by atoms with Crippen LogP contribution >= 0.6 is 11.3 Å². The Morgan fingerprint density at radius 2 is 1.81 bits per heavy atom. The highest BCUT2D eigenvalue weighted by atomic mass is 32.1. The van der Waals surface area contributed by atoms with E-state index in [2.05, 4.69) is 20.9 Å². The number of hydrogen-bond acceptors (Lipinski definition) is 7. The molecule has 1 fully saturated rings. The Balaban J connectivity index is 1.20. The number of pyridine rings is 1. The van der Waals surface area contributed by atoms with Crippen molar-refractivity contribution in [2.45, 2.75) is 38.3 Å². The van der Waals surface area contributed by atoms with E-state index in [0.29, 0.717) is 62.9 Å². The van der Waals surface area contributed by atoms with Crippen molar-refractivity contribution in [1.29, 1.82) is 0 Å². The minimum Gasteiger partial charge on any atom is -0.465 e. The summed E-state index contributed by atoms with van der Waals surface area (Å²) in [4.78, 5) is 56.6. The van der Waals surface area contributed by atoms with Crippen LogP contribution in [0.4, 0.5) is 26.7 Å². The van der Waals surface area contributed by atoms with Gasteiger partial charge in [-0.1, -0.05) is 18.2 Å². The molecule has 2 aromatic heterocycles. The highest BCUT2D eigenvalue weighted by molar-refractivity contribution is 7.21. The molecule has 4 aromatic rings. The first-order valence-corrected chi connectivity index (χ1v) is 14.5. The number of amides is 5. The van der Waals surface area contributed by atoms with Gasteiger partial charge in [0.15, 0.2) is 0 Å². The largest absolute Gasteiger partial charge is 0.465 e. The van der Waals surface area contributed by atoms with Crippen LogP contribution in [0.15, 0.2) is 60.8 Å². The quantitative estimate of drug-likeness (QED) is 0.188. The van der Waals surface area contributed by atoms with E-state index in [0.717, 1.165) is 5.56 Å². The van der Waals surface area contributed by atoms with Crippen molar-refractivity contribution in [3.05, 3.63) is 71.2 Å². The second kappa shape index (κ2) is 11.6. The van der Waals surface area contributed by atoms with Gasteiger partial charge in [-0.05, 0) is 68.1 Å². The second-order valence-corrected chi connectivity index (χ2v) is 11.4. The molecule has 0 unspecified atom stereocenters. The molecule has 220 valence electrons. The summed E-state index contributed by atoms with van der Waals surface area (Å²) in [6.07, 6.45) is 2.16. The number of nitrogens with zero attached hydrogens (tertiary/aromatic N) is 2. The Bertz CT molecular complexity index is 1740. The number of nitrogens with one attached hydrogen (secondary N) is 4. The van der Waals surface area contributed by atoms with Gasteiger partial charge in [0.05, 0.1) is 29.0 Å². The molecule has 2 atom stereocenters. The predicted molar refractivity (Wildman–Crippen MR) is 162 cm³/mol. The molecule has 2 aromatic carbocycles. The summed E-state index contributed by atoms with van der Waals surface area (Å²) in [5, 5.41) is 20.1. The number of rotatable bonds is 8. The number of thiophene rings is 1. The molecule has 2 aliphatic rings. The van der Waals surface area contributed by atoms with E-state index in [-0.39, 0.29) is 24.5 Å². The van der Waals surface area contributed by atoms with Crippen LogP contribution in [-0.2, 0) is 4.79 Å². The molecule has 0 radical (unpaired) electrons. The third-order valence-corrected chi connectivity index (χ3v) is 8.47. The van der Waals surface area contributed by atoms with Crippen molar-refractivity contribution in [1.82, 2.24) is 20.9 Å². The maximum Gasteiger partial charge on any atom is 0.405 e. The first kappa shape index (κ1) is 28.0. The number of urea groups is 1. The van der Waals surface area contributed by atoms with Crippen molar-refractivity contribution in [2.24, 2.45) is 0 Å². The number of ether oxygens (including phenoxy) is 1. The van der Waals surface area contributed by atoms with Gasteiger partial charge in [0.1, 0.15) is 21.2 Å². The van der Waals surface area contributed by atoms with Crippen LogP contribution in [0.25, 0.3) is 10.2 Å². The Labute approximate surface area is 250 Å². The maximum absolute atomic E-state index is 13.5. The Morgan fingerprint density at radius 1 is 1.05 bits per heavy atom. The summed E-state index contributed by atoms with van der Waals surface area (Å²) in [5.41, 5.74) is 2.54. The van der Waals surface area contributed by atoms with Gasteiger partial charge < -0.3 is 31.1 Å². The Kier molecular flexibility index (Phi) is 7.55. The molecule has 6 rings (SSSR count). The van der Waals surface area contributed by atoms with Crippen molar-refractivity contribution < 1.29 is 29.0 Å². The third kappa shape index (κ3) is 5.79. The van der Waals surface area contributed by atoms with Crippen LogP contribution in [0.2, 0.25) is 0 Å². The third-order valence-electron chi connectivity index (χ3n) is 7.37.